The van der Waals surface area contributed by atoms with Crippen molar-refractivity contribution in [1.82, 2.24) is 14.7 Å². The van der Waals surface area contributed by atoms with E-state index in [4.69, 9.17) is 23.2 Å². The van der Waals surface area contributed by atoms with Crippen LogP contribution >= 0.6 is 23.2 Å². The summed E-state index contributed by atoms with van der Waals surface area (Å²) in [7, 11) is 1.18. The lowest BCUT2D eigenvalue weighted by molar-refractivity contribution is 0.0725. The summed E-state index contributed by atoms with van der Waals surface area (Å²) in [6.07, 6.45) is -2.64. The molecule has 0 spiro atoms. The van der Waals surface area contributed by atoms with Crippen LogP contribution in [-0.2, 0) is 13.6 Å². The Balaban J connectivity index is 2.46. The van der Waals surface area contributed by atoms with Gasteiger partial charge in [0.15, 0.2) is 0 Å². The molecule has 0 saturated carbocycles. The van der Waals surface area contributed by atoms with Crippen LogP contribution in [0.2, 0.25) is 5.02 Å². The summed E-state index contributed by atoms with van der Waals surface area (Å²) in [4.78, 5) is 14.3. The predicted molar refractivity (Wildman–Crippen MR) is 104 cm³/mol. The number of hydrogen-bond donors (Lipinski definition) is 0. The molecule has 0 unspecified atom stereocenters. The minimum atomic E-state index is -3.07. The molecule has 28 heavy (non-hydrogen) atoms. The fourth-order valence-corrected chi connectivity index (χ4v) is 3.33. The number of carbonyl (C=O) groups excluding carboxylic acids is 1. The van der Waals surface area contributed by atoms with Crippen molar-refractivity contribution >= 4 is 29.1 Å². The summed E-state index contributed by atoms with van der Waals surface area (Å²) in [5, 5.41) is 3.95. The van der Waals surface area contributed by atoms with Gasteiger partial charge in [0.25, 0.3) is 12.3 Å². The molecule has 154 valence electrons. The number of hydrogen-bond acceptors (Lipinski definition) is 2. The van der Waals surface area contributed by atoms with Gasteiger partial charge >= 0.3 is 0 Å². The predicted octanol–water partition coefficient (Wildman–Crippen LogP) is 5.54. The smallest absolute Gasteiger partial charge is 0.283 e. The number of nitrogens with zero attached hydrogens (tertiary/aromatic N) is 3. The summed E-state index contributed by atoms with van der Waals surface area (Å²) in [6.45, 7) is 4.27. The van der Waals surface area contributed by atoms with Gasteiger partial charge in [-0.15, -0.1) is 11.6 Å². The van der Waals surface area contributed by atoms with E-state index in [9.17, 15) is 18.0 Å². The molecule has 1 aromatic carbocycles. The molecular weight excluding hydrogens is 414 g/mol. The van der Waals surface area contributed by atoms with Crippen LogP contribution in [-0.4, -0.2) is 33.0 Å². The molecule has 0 aliphatic rings. The van der Waals surface area contributed by atoms with Crippen LogP contribution in [0.3, 0.4) is 0 Å². The normalized spacial score (nSPS) is 11.5. The molecule has 1 heterocycles. The number of alkyl halides is 3. The highest BCUT2D eigenvalue weighted by molar-refractivity contribution is 6.30. The number of rotatable bonds is 8. The minimum Gasteiger partial charge on any atom is -0.334 e. The number of aromatic nitrogens is 2. The molecule has 0 saturated heterocycles. The Morgan fingerprint density at radius 2 is 2.00 bits per heavy atom. The Bertz CT molecular complexity index is 840. The fourth-order valence-electron chi connectivity index (χ4n) is 3.01. The highest BCUT2D eigenvalue weighted by Gasteiger charge is 2.31. The second-order valence-electron chi connectivity index (χ2n) is 6.74. The van der Waals surface area contributed by atoms with Crippen LogP contribution in [0.1, 0.15) is 59.8 Å². The van der Waals surface area contributed by atoms with Gasteiger partial charge in [-0.1, -0.05) is 31.5 Å². The summed E-state index contributed by atoms with van der Waals surface area (Å²) in [5.41, 5.74) is 0.165. The summed E-state index contributed by atoms with van der Waals surface area (Å²) < 4.78 is 41.6. The second-order valence-corrected chi connectivity index (χ2v) is 7.56. The average molecular weight is 436 g/mol. The number of carbonyl (C=O) groups is 1. The van der Waals surface area contributed by atoms with Crippen LogP contribution in [0.5, 0.6) is 0 Å². The number of aryl methyl sites for hydroxylation is 1. The zero-order valence-corrected chi connectivity index (χ0v) is 17.4. The van der Waals surface area contributed by atoms with E-state index < -0.39 is 29.5 Å². The van der Waals surface area contributed by atoms with E-state index in [1.54, 1.807) is 12.1 Å². The van der Waals surface area contributed by atoms with E-state index >= 15 is 0 Å². The number of halogens is 5. The summed E-state index contributed by atoms with van der Waals surface area (Å²) in [5.74, 6) is -1.51. The largest absolute Gasteiger partial charge is 0.334 e. The molecule has 0 aliphatic heterocycles. The van der Waals surface area contributed by atoms with Crippen LogP contribution in [0.25, 0.3) is 0 Å². The highest BCUT2D eigenvalue weighted by Crippen LogP contribution is 2.28. The van der Waals surface area contributed by atoms with Gasteiger partial charge in [0.2, 0.25) is 5.95 Å². The maximum Gasteiger partial charge on any atom is 0.283 e. The number of amides is 1. The van der Waals surface area contributed by atoms with Crippen molar-refractivity contribution in [3.8, 4) is 0 Å². The Labute approximate surface area is 172 Å². The van der Waals surface area contributed by atoms with E-state index in [-0.39, 0.29) is 24.9 Å². The number of benzene rings is 1. The van der Waals surface area contributed by atoms with E-state index in [0.29, 0.717) is 16.1 Å². The molecule has 9 heteroatoms. The Morgan fingerprint density at radius 3 is 2.57 bits per heavy atom. The monoisotopic (exact) mass is 435 g/mol. The molecule has 1 amide bonds. The average Bonchev–Trinajstić information content (AvgIpc) is 2.93. The third kappa shape index (κ3) is 5.00. The topological polar surface area (TPSA) is 38.1 Å². The molecule has 0 radical (unpaired) electrons. The van der Waals surface area contributed by atoms with E-state index in [1.165, 1.54) is 11.9 Å². The molecule has 0 atom stereocenters. The van der Waals surface area contributed by atoms with E-state index in [2.05, 4.69) is 5.10 Å². The van der Waals surface area contributed by atoms with Gasteiger partial charge in [0, 0.05) is 31.0 Å². The third-order valence-electron chi connectivity index (χ3n) is 4.36. The molecule has 0 aliphatic carbocycles. The van der Waals surface area contributed by atoms with Crippen molar-refractivity contribution in [2.75, 3.05) is 12.4 Å². The first-order valence-electron chi connectivity index (χ1n) is 8.81. The molecule has 4 nitrogen and oxygen atoms in total. The lowest BCUT2D eigenvalue weighted by atomic mass is 9.96. The fraction of sp³-hybridized carbons (Fsp3) is 0.474. The van der Waals surface area contributed by atoms with Crippen molar-refractivity contribution in [2.45, 2.75) is 39.2 Å². The summed E-state index contributed by atoms with van der Waals surface area (Å²) in [6, 6.07) is 5.34. The Hall–Kier alpha value is -1.73. The maximum absolute atomic E-state index is 14.4. The van der Waals surface area contributed by atoms with E-state index in [0.717, 1.165) is 11.1 Å². The SMILES string of the molecule is CC(C)c1ccc(Cl)cc1CN(CCCCl)C(=O)c1c(C(F)F)nn(C)c1F. The van der Waals surface area contributed by atoms with Crippen LogP contribution in [0, 0.1) is 5.95 Å². The third-order valence-corrected chi connectivity index (χ3v) is 4.86. The highest BCUT2D eigenvalue weighted by atomic mass is 35.5. The standard InChI is InChI=1S/C19H22Cl2F3N3O/c1-11(2)14-6-5-13(21)9-12(14)10-27(8-4-7-20)19(28)15-16(17(22)23)25-26(3)18(15)24/h5-6,9,11,17H,4,7-8,10H2,1-3H3. The zero-order valence-electron chi connectivity index (χ0n) is 15.9. The van der Waals surface area contributed by atoms with Gasteiger partial charge in [0.1, 0.15) is 11.3 Å². The maximum atomic E-state index is 14.4. The van der Waals surface area contributed by atoms with Crippen LogP contribution in [0.15, 0.2) is 18.2 Å². The van der Waals surface area contributed by atoms with Crippen molar-refractivity contribution < 1.29 is 18.0 Å². The molecular formula is C19H22Cl2F3N3O. The van der Waals surface area contributed by atoms with Crippen molar-refractivity contribution in [2.24, 2.45) is 7.05 Å². The molecule has 0 N–H and O–H groups in total. The quantitative estimate of drug-likeness (QED) is 0.510. The first kappa shape index (κ1) is 22.6. The molecule has 1 aromatic heterocycles. The first-order chi connectivity index (χ1) is 13.2. The Kier molecular flexibility index (Phi) is 7.78. The summed E-state index contributed by atoms with van der Waals surface area (Å²) >= 11 is 11.9. The van der Waals surface area contributed by atoms with Gasteiger partial charge in [-0.05, 0) is 35.6 Å². The van der Waals surface area contributed by atoms with Crippen molar-refractivity contribution in [3.63, 3.8) is 0 Å². The Morgan fingerprint density at radius 1 is 1.32 bits per heavy atom. The van der Waals surface area contributed by atoms with Gasteiger partial charge < -0.3 is 4.90 Å². The van der Waals surface area contributed by atoms with Gasteiger partial charge in [-0.25, -0.2) is 13.5 Å². The molecule has 2 rings (SSSR count). The van der Waals surface area contributed by atoms with Crippen molar-refractivity contribution in [1.29, 1.82) is 0 Å². The minimum absolute atomic E-state index is 0.0980. The lowest BCUT2D eigenvalue weighted by Crippen LogP contribution is -2.33. The lowest BCUT2D eigenvalue weighted by Gasteiger charge is -2.25. The van der Waals surface area contributed by atoms with Gasteiger partial charge in [0.05, 0.1) is 0 Å². The zero-order chi connectivity index (χ0) is 21.0. The van der Waals surface area contributed by atoms with Gasteiger partial charge in [-0.2, -0.15) is 9.49 Å². The van der Waals surface area contributed by atoms with E-state index in [1.807, 2.05) is 19.9 Å². The van der Waals surface area contributed by atoms with Crippen LogP contribution in [0.4, 0.5) is 13.2 Å². The second kappa shape index (κ2) is 9.65. The van der Waals surface area contributed by atoms with Crippen LogP contribution < -0.4 is 0 Å². The molecule has 0 bridgehead atoms. The van der Waals surface area contributed by atoms with Crippen molar-refractivity contribution in [3.05, 3.63) is 51.6 Å². The van der Waals surface area contributed by atoms with Gasteiger partial charge in [-0.3, -0.25) is 4.79 Å². The molecule has 0 fully saturated rings. The molecule has 2 aromatic rings. The first-order valence-corrected chi connectivity index (χ1v) is 9.72.